The van der Waals surface area contributed by atoms with Crippen molar-refractivity contribution in [2.75, 3.05) is 13.1 Å². The van der Waals surface area contributed by atoms with Crippen LogP contribution in [0.25, 0.3) is 0 Å². The molecule has 1 unspecified atom stereocenters. The summed E-state index contributed by atoms with van der Waals surface area (Å²) in [4.78, 5) is 27.3. The molecule has 2 amide bonds. The first-order chi connectivity index (χ1) is 13.6. The molecule has 1 saturated heterocycles. The molecule has 154 valence electrons. The van der Waals surface area contributed by atoms with E-state index in [9.17, 15) is 9.59 Å². The summed E-state index contributed by atoms with van der Waals surface area (Å²) in [5, 5.41) is 3.13. The summed E-state index contributed by atoms with van der Waals surface area (Å²) in [5.41, 5.74) is 7.23. The zero-order valence-corrected chi connectivity index (χ0v) is 17.1. The molecule has 1 aliphatic carbocycles. The zero-order chi connectivity index (χ0) is 19.9. The number of nitrogens with zero attached hydrogens (tertiary/aromatic N) is 1. The fraction of sp³-hybridized carbons (Fsp3) is 0.652. The minimum atomic E-state index is -0.597. The van der Waals surface area contributed by atoms with Crippen LogP contribution in [0.5, 0.6) is 0 Å². The van der Waals surface area contributed by atoms with Gasteiger partial charge in [0, 0.05) is 13.1 Å². The van der Waals surface area contributed by atoms with E-state index in [2.05, 4.69) is 12.2 Å². The van der Waals surface area contributed by atoms with Gasteiger partial charge >= 0.3 is 0 Å². The topological polar surface area (TPSA) is 75.4 Å². The van der Waals surface area contributed by atoms with E-state index in [0.717, 1.165) is 30.9 Å². The van der Waals surface area contributed by atoms with E-state index >= 15 is 0 Å². The number of rotatable bonds is 7. The van der Waals surface area contributed by atoms with E-state index in [-0.39, 0.29) is 17.9 Å². The van der Waals surface area contributed by atoms with Gasteiger partial charge in [0.25, 0.3) is 0 Å². The average molecular weight is 386 g/mol. The molecule has 0 spiro atoms. The van der Waals surface area contributed by atoms with Crippen LogP contribution in [0, 0.1) is 11.8 Å². The number of hydrogen-bond donors (Lipinski definition) is 2. The van der Waals surface area contributed by atoms with Crippen LogP contribution < -0.4 is 11.1 Å². The number of hydrogen-bond acceptors (Lipinski definition) is 3. The number of benzene rings is 1. The van der Waals surface area contributed by atoms with Crippen molar-refractivity contribution in [1.82, 2.24) is 10.2 Å². The summed E-state index contributed by atoms with van der Waals surface area (Å²) in [6, 6.07) is 8.86. The van der Waals surface area contributed by atoms with E-state index in [4.69, 9.17) is 5.73 Å². The second kappa shape index (κ2) is 10.1. The van der Waals surface area contributed by atoms with Gasteiger partial charge in [-0.15, -0.1) is 0 Å². The lowest BCUT2D eigenvalue weighted by atomic mass is 9.81. The molecule has 0 radical (unpaired) electrons. The molecular weight excluding hydrogens is 350 g/mol. The van der Waals surface area contributed by atoms with Gasteiger partial charge in [0.15, 0.2) is 0 Å². The van der Waals surface area contributed by atoms with Gasteiger partial charge in [-0.1, -0.05) is 56.5 Å². The number of carbonyl (C=O) groups excluding carboxylic acids is 2. The Morgan fingerprint density at radius 3 is 2.46 bits per heavy atom. The molecule has 2 atom stereocenters. The predicted molar refractivity (Wildman–Crippen MR) is 112 cm³/mol. The van der Waals surface area contributed by atoms with E-state index < -0.39 is 6.04 Å². The normalized spacial score (nSPS) is 26.1. The third-order valence-electron chi connectivity index (χ3n) is 6.56. The highest BCUT2D eigenvalue weighted by molar-refractivity contribution is 5.90. The van der Waals surface area contributed by atoms with Crippen molar-refractivity contribution in [3.8, 4) is 0 Å². The van der Waals surface area contributed by atoms with Crippen LogP contribution in [-0.4, -0.2) is 41.9 Å². The molecule has 3 N–H and O–H groups in total. The standard InChI is InChI=1S/C23H35N3O2/c1-2-17-10-12-19(13-11-17)16-25-22(27)21-9-6-14-26(21)23(28)20(24)15-18-7-4-3-5-8-18/h3-5,7-8,17,19-21H,2,6,9-16,24H2,1H3,(H,25,27)/t17?,19?,20-,21?/m1/s1. The molecule has 1 aliphatic heterocycles. The zero-order valence-electron chi connectivity index (χ0n) is 17.1. The maximum Gasteiger partial charge on any atom is 0.242 e. The Balaban J connectivity index is 1.49. The van der Waals surface area contributed by atoms with Crippen molar-refractivity contribution in [2.45, 2.75) is 70.4 Å². The Labute approximate surface area is 169 Å². The second-order valence-electron chi connectivity index (χ2n) is 8.53. The number of amides is 2. The Hall–Kier alpha value is -1.88. The van der Waals surface area contributed by atoms with Gasteiger partial charge in [-0.3, -0.25) is 9.59 Å². The van der Waals surface area contributed by atoms with Crippen LogP contribution in [0.2, 0.25) is 0 Å². The summed E-state index contributed by atoms with van der Waals surface area (Å²) < 4.78 is 0. The minimum Gasteiger partial charge on any atom is -0.354 e. The maximum atomic E-state index is 12.9. The van der Waals surface area contributed by atoms with Gasteiger partial charge < -0.3 is 16.0 Å². The van der Waals surface area contributed by atoms with E-state index in [1.165, 1.54) is 32.1 Å². The molecule has 2 fully saturated rings. The lowest BCUT2D eigenvalue weighted by Crippen LogP contribution is -2.52. The Bertz CT molecular complexity index is 641. The smallest absolute Gasteiger partial charge is 0.242 e. The summed E-state index contributed by atoms with van der Waals surface area (Å²) in [5.74, 6) is 1.33. The van der Waals surface area contributed by atoms with Crippen molar-refractivity contribution in [3.63, 3.8) is 0 Å². The molecule has 2 aliphatic rings. The van der Waals surface area contributed by atoms with Crippen LogP contribution in [0.1, 0.15) is 57.4 Å². The fourth-order valence-corrected chi connectivity index (χ4v) is 4.68. The molecule has 0 bridgehead atoms. The van der Waals surface area contributed by atoms with E-state index in [1.807, 2.05) is 30.3 Å². The van der Waals surface area contributed by atoms with Crippen molar-refractivity contribution in [2.24, 2.45) is 17.6 Å². The van der Waals surface area contributed by atoms with Crippen LogP contribution in [0.3, 0.4) is 0 Å². The third-order valence-corrected chi connectivity index (χ3v) is 6.56. The monoisotopic (exact) mass is 385 g/mol. The third kappa shape index (κ3) is 5.34. The second-order valence-corrected chi connectivity index (χ2v) is 8.53. The Morgan fingerprint density at radius 1 is 1.11 bits per heavy atom. The number of likely N-dealkylation sites (tertiary alicyclic amines) is 1. The van der Waals surface area contributed by atoms with Crippen molar-refractivity contribution in [3.05, 3.63) is 35.9 Å². The highest BCUT2D eigenvalue weighted by Crippen LogP contribution is 2.30. The lowest BCUT2D eigenvalue weighted by Gasteiger charge is -2.30. The molecule has 1 aromatic carbocycles. The minimum absolute atomic E-state index is 0.00428. The fourth-order valence-electron chi connectivity index (χ4n) is 4.68. The predicted octanol–water partition coefficient (Wildman–Crippen LogP) is 2.88. The first-order valence-corrected chi connectivity index (χ1v) is 11.0. The van der Waals surface area contributed by atoms with Crippen molar-refractivity contribution >= 4 is 11.8 Å². The van der Waals surface area contributed by atoms with Crippen molar-refractivity contribution in [1.29, 1.82) is 0 Å². The van der Waals surface area contributed by atoms with Crippen molar-refractivity contribution < 1.29 is 9.59 Å². The molecule has 28 heavy (non-hydrogen) atoms. The van der Waals surface area contributed by atoms with Crippen LogP contribution in [0.15, 0.2) is 30.3 Å². The van der Waals surface area contributed by atoms with Gasteiger partial charge in [-0.2, -0.15) is 0 Å². The van der Waals surface area contributed by atoms with Gasteiger partial charge in [-0.25, -0.2) is 0 Å². The summed E-state index contributed by atoms with van der Waals surface area (Å²) in [6.07, 6.45) is 8.33. The van der Waals surface area contributed by atoms with Gasteiger partial charge in [0.1, 0.15) is 6.04 Å². The molecular formula is C23H35N3O2. The molecule has 0 aromatic heterocycles. The molecule has 3 rings (SSSR count). The molecule has 1 aromatic rings. The lowest BCUT2D eigenvalue weighted by molar-refractivity contribution is -0.139. The molecule has 5 nitrogen and oxygen atoms in total. The number of carbonyl (C=O) groups is 2. The Kier molecular flexibility index (Phi) is 7.49. The van der Waals surface area contributed by atoms with Gasteiger partial charge in [0.2, 0.25) is 11.8 Å². The quantitative estimate of drug-likeness (QED) is 0.758. The first kappa shape index (κ1) is 20.8. The molecule has 1 heterocycles. The van der Waals surface area contributed by atoms with Crippen LogP contribution in [0.4, 0.5) is 0 Å². The molecule has 5 heteroatoms. The van der Waals surface area contributed by atoms with E-state index in [1.54, 1.807) is 4.90 Å². The average Bonchev–Trinajstić information content (AvgIpc) is 3.22. The Morgan fingerprint density at radius 2 is 1.79 bits per heavy atom. The van der Waals surface area contributed by atoms with E-state index in [0.29, 0.717) is 18.9 Å². The summed E-state index contributed by atoms with van der Waals surface area (Å²) >= 11 is 0. The maximum absolute atomic E-state index is 12.9. The SMILES string of the molecule is CCC1CCC(CNC(=O)C2CCCN2C(=O)[C@H](N)Cc2ccccc2)CC1. The number of nitrogens with one attached hydrogen (secondary N) is 1. The summed E-state index contributed by atoms with van der Waals surface area (Å²) in [6.45, 7) is 3.63. The van der Waals surface area contributed by atoms with Crippen LogP contribution in [-0.2, 0) is 16.0 Å². The highest BCUT2D eigenvalue weighted by Gasteiger charge is 2.36. The number of nitrogens with two attached hydrogens (primary N) is 1. The van der Waals surface area contributed by atoms with Gasteiger partial charge in [0.05, 0.1) is 6.04 Å². The van der Waals surface area contributed by atoms with Crippen LogP contribution >= 0.6 is 0 Å². The van der Waals surface area contributed by atoms with Gasteiger partial charge in [-0.05, 0) is 49.5 Å². The largest absolute Gasteiger partial charge is 0.354 e. The highest BCUT2D eigenvalue weighted by atomic mass is 16.2. The molecule has 1 saturated carbocycles. The summed E-state index contributed by atoms with van der Waals surface area (Å²) in [7, 11) is 0. The first-order valence-electron chi connectivity index (χ1n) is 11.0.